The van der Waals surface area contributed by atoms with Crippen LogP contribution in [0.15, 0.2) is 23.3 Å². The number of aliphatic imine (C=N–C) groups is 1. The van der Waals surface area contributed by atoms with Crippen molar-refractivity contribution in [3.05, 3.63) is 29.6 Å². The Morgan fingerprint density at radius 1 is 1.42 bits per heavy atom. The molecule has 2 aromatic rings. The van der Waals surface area contributed by atoms with Crippen LogP contribution in [0.25, 0.3) is 11.0 Å². The molecule has 2 heterocycles. The number of hydrazine groups is 1. The normalized spacial score (nSPS) is 14.3. The zero-order valence-corrected chi connectivity index (χ0v) is 10.7. The number of aromatic nitrogens is 2. The van der Waals surface area contributed by atoms with Gasteiger partial charge in [-0.15, -0.1) is 0 Å². The van der Waals surface area contributed by atoms with E-state index < -0.39 is 0 Å². The lowest BCUT2D eigenvalue weighted by atomic mass is 10.1. The molecule has 0 unspecified atom stereocenters. The highest BCUT2D eigenvalue weighted by Crippen LogP contribution is 2.23. The first-order chi connectivity index (χ1) is 9.28. The number of fused-ring (bicyclic) bond motifs is 1. The summed E-state index contributed by atoms with van der Waals surface area (Å²) in [4.78, 5) is 12.9. The van der Waals surface area contributed by atoms with Crippen LogP contribution in [0.1, 0.15) is 11.3 Å². The van der Waals surface area contributed by atoms with E-state index in [1.165, 1.54) is 0 Å². The van der Waals surface area contributed by atoms with E-state index in [0.29, 0.717) is 5.69 Å². The van der Waals surface area contributed by atoms with Crippen molar-refractivity contribution >= 4 is 23.1 Å². The molecule has 0 amide bonds. The van der Waals surface area contributed by atoms with Gasteiger partial charge in [-0.25, -0.2) is 4.98 Å². The average Bonchev–Trinajstić information content (AvgIpc) is 2.94. The molecule has 1 aliphatic heterocycles. The Labute approximate surface area is 110 Å². The minimum Gasteiger partial charge on any atom is -0.390 e. The minimum atomic E-state index is -0.0910. The van der Waals surface area contributed by atoms with Crippen LogP contribution in [0.2, 0.25) is 0 Å². The molecule has 3 rings (SSSR count). The molecule has 1 aliphatic rings. The van der Waals surface area contributed by atoms with Crippen LogP contribution in [-0.4, -0.2) is 39.5 Å². The maximum absolute atomic E-state index is 9.07. The van der Waals surface area contributed by atoms with Crippen LogP contribution in [-0.2, 0) is 6.61 Å². The zero-order chi connectivity index (χ0) is 13.2. The van der Waals surface area contributed by atoms with E-state index in [0.717, 1.165) is 35.4 Å². The summed E-state index contributed by atoms with van der Waals surface area (Å²) in [5.41, 5.74) is 7.55. The molecule has 1 aromatic heterocycles. The predicted octanol–water partition coefficient (Wildman–Crippen LogP) is 1.10. The van der Waals surface area contributed by atoms with Crippen molar-refractivity contribution in [1.29, 1.82) is 0 Å². The standard InChI is InChI=1S/C13H15N5O/c1-9-11(17-18-5-4-14-8-18)2-3-12-13(9)15-6-10(7-19)16-12/h2-3,6,8,17,19H,4-5,7H2,1H3. The first-order valence-electron chi connectivity index (χ1n) is 6.17. The monoisotopic (exact) mass is 257 g/mol. The molecule has 0 fully saturated rings. The van der Waals surface area contributed by atoms with Crippen molar-refractivity contribution < 1.29 is 5.11 Å². The van der Waals surface area contributed by atoms with Gasteiger partial charge in [0.25, 0.3) is 0 Å². The Morgan fingerprint density at radius 3 is 3.05 bits per heavy atom. The molecular weight excluding hydrogens is 242 g/mol. The number of hydrogen-bond donors (Lipinski definition) is 2. The summed E-state index contributed by atoms with van der Waals surface area (Å²) in [6.07, 6.45) is 3.40. The molecule has 0 saturated carbocycles. The lowest BCUT2D eigenvalue weighted by molar-refractivity contribution is 0.277. The molecule has 98 valence electrons. The van der Waals surface area contributed by atoms with E-state index in [-0.39, 0.29) is 6.61 Å². The SMILES string of the molecule is Cc1c(NN2C=NCC2)ccc2nc(CO)cnc12. The van der Waals surface area contributed by atoms with Crippen molar-refractivity contribution in [3.63, 3.8) is 0 Å². The Kier molecular flexibility index (Phi) is 3.00. The third kappa shape index (κ3) is 2.22. The van der Waals surface area contributed by atoms with Gasteiger partial charge in [-0.2, -0.15) is 0 Å². The molecule has 6 nitrogen and oxygen atoms in total. The maximum Gasteiger partial charge on any atom is 0.104 e. The summed E-state index contributed by atoms with van der Waals surface area (Å²) >= 11 is 0. The van der Waals surface area contributed by atoms with Crippen LogP contribution in [0, 0.1) is 6.92 Å². The summed E-state index contributed by atoms with van der Waals surface area (Å²) in [6, 6.07) is 3.88. The summed E-state index contributed by atoms with van der Waals surface area (Å²) in [7, 11) is 0. The first kappa shape index (κ1) is 11.9. The van der Waals surface area contributed by atoms with E-state index in [1.54, 1.807) is 12.5 Å². The van der Waals surface area contributed by atoms with Gasteiger partial charge in [0, 0.05) is 5.56 Å². The number of benzene rings is 1. The van der Waals surface area contributed by atoms with E-state index in [4.69, 9.17) is 5.11 Å². The van der Waals surface area contributed by atoms with Gasteiger partial charge in [0.1, 0.15) is 6.34 Å². The first-order valence-corrected chi connectivity index (χ1v) is 6.17. The van der Waals surface area contributed by atoms with Crippen LogP contribution >= 0.6 is 0 Å². The lowest BCUT2D eigenvalue weighted by Crippen LogP contribution is -2.26. The third-order valence-electron chi connectivity index (χ3n) is 3.13. The molecule has 0 saturated heterocycles. The fourth-order valence-corrected chi connectivity index (χ4v) is 2.08. The maximum atomic E-state index is 9.07. The van der Waals surface area contributed by atoms with Gasteiger partial charge in [-0.05, 0) is 19.1 Å². The van der Waals surface area contributed by atoms with Gasteiger partial charge >= 0.3 is 0 Å². The second kappa shape index (κ2) is 4.81. The van der Waals surface area contributed by atoms with Crippen molar-refractivity contribution in [1.82, 2.24) is 15.0 Å². The number of nitrogens with zero attached hydrogens (tertiary/aromatic N) is 4. The lowest BCUT2D eigenvalue weighted by Gasteiger charge is -2.19. The molecule has 1 aromatic carbocycles. The summed E-state index contributed by atoms with van der Waals surface area (Å²) in [6.45, 7) is 3.60. The largest absolute Gasteiger partial charge is 0.390 e. The van der Waals surface area contributed by atoms with Crippen molar-refractivity contribution in [2.24, 2.45) is 4.99 Å². The molecule has 2 N–H and O–H groups in total. The number of hydrogen-bond acceptors (Lipinski definition) is 6. The van der Waals surface area contributed by atoms with Gasteiger partial charge < -0.3 is 5.11 Å². The smallest absolute Gasteiger partial charge is 0.104 e. The van der Waals surface area contributed by atoms with Crippen LogP contribution in [0.3, 0.4) is 0 Å². The Bertz CT molecular complexity index is 640. The molecule has 0 radical (unpaired) electrons. The molecule has 0 bridgehead atoms. The molecule has 19 heavy (non-hydrogen) atoms. The van der Waals surface area contributed by atoms with Gasteiger partial charge in [-0.1, -0.05) is 0 Å². The quantitative estimate of drug-likeness (QED) is 0.861. The number of rotatable bonds is 3. The summed E-state index contributed by atoms with van der Waals surface area (Å²) < 4.78 is 0. The fraction of sp³-hybridized carbons (Fsp3) is 0.308. The number of aliphatic hydroxyl groups excluding tert-OH is 1. The number of anilines is 1. The molecule has 6 heteroatoms. The van der Waals surface area contributed by atoms with Crippen molar-refractivity contribution in [3.8, 4) is 0 Å². The van der Waals surface area contributed by atoms with Crippen LogP contribution in [0.4, 0.5) is 5.69 Å². The summed E-state index contributed by atoms with van der Waals surface area (Å²) in [5, 5.41) is 11.0. The van der Waals surface area contributed by atoms with Crippen molar-refractivity contribution in [2.45, 2.75) is 13.5 Å². The number of aliphatic hydroxyl groups is 1. The molecule has 0 spiro atoms. The molecular formula is C13H15N5O. The van der Waals surface area contributed by atoms with E-state index >= 15 is 0 Å². The van der Waals surface area contributed by atoms with Gasteiger partial charge in [0.15, 0.2) is 0 Å². The topological polar surface area (TPSA) is 73.6 Å². The fourth-order valence-electron chi connectivity index (χ4n) is 2.08. The van der Waals surface area contributed by atoms with Gasteiger partial charge in [-0.3, -0.25) is 20.4 Å². The van der Waals surface area contributed by atoms with E-state index in [1.807, 2.05) is 24.1 Å². The highest BCUT2D eigenvalue weighted by atomic mass is 16.3. The van der Waals surface area contributed by atoms with Crippen molar-refractivity contribution in [2.75, 3.05) is 18.5 Å². The van der Waals surface area contributed by atoms with Crippen LogP contribution in [0.5, 0.6) is 0 Å². The van der Waals surface area contributed by atoms with E-state index in [2.05, 4.69) is 20.4 Å². The molecule has 0 atom stereocenters. The van der Waals surface area contributed by atoms with Crippen LogP contribution < -0.4 is 5.43 Å². The molecule has 0 aliphatic carbocycles. The Balaban J connectivity index is 1.98. The summed E-state index contributed by atoms with van der Waals surface area (Å²) in [5.74, 6) is 0. The highest BCUT2D eigenvalue weighted by molar-refractivity contribution is 5.83. The Hall–Kier alpha value is -2.21. The number of nitrogens with one attached hydrogen (secondary N) is 1. The zero-order valence-electron chi connectivity index (χ0n) is 10.7. The second-order valence-electron chi connectivity index (χ2n) is 4.45. The minimum absolute atomic E-state index is 0.0910. The van der Waals surface area contributed by atoms with E-state index in [9.17, 15) is 0 Å². The Morgan fingerprint density at radius 2 is 2.32 bits per heavy atom. The third-order valence-corrected chi connectivity index (χ3v) is 3.13. The van der Waals surface area contributed by atoms with Gasteiger partial charge in [0.05, 0.1) is 48.3 Å². The average molecular weight is 257 g/mol. The van der Waals surface area contributed by atoms with Gasteiger partial charge in [0.2, 0.25) is 0 Å². The second-order valence-corrected chi connectivity index (χ2v) is 4.45. The predicted molar refractivity (Wildman–Crippen MR) is 73.9 cm³/mol. The number of aryl methyl sites for hydroxylation is 1. The highest BCUT2D eigenvalue weighted by Gasteiger charge is 2.10.